The molecule has 1 saturated heterocycles. The molecule has 0 bridgehead atoms. The van der Waals surface area contributed by atoms with E-state index in [1.54, 1.807) is 68.4 Å². The van der Waals surface area contributed by atoms with Crippen molar-refractivity contribution in [1.29, 1.82) is 0 Å². The zero-order valence-corrected chi connectivity index (χ0v) is 47.5. The van der Waals surface area contributed by atoms with Crippen LogP contribution in [-0.2, 0) is 82.7 Å². The molecule has 0 spiro atoms. The number of likely N-dealkylation sites (tertiary alicyclic amines) is 1. The number of aromatic nitrogens is 2. The fourth-order valence-corrected chi connectivity index (χ4v) is 9.37. The molecule has 1 fully saturated rings. The Morgan fingerprint density at radius 3 is 2.14 bits per heavy atom. The number of amides is 4. The van der Waals surface area contributed by atoms with Crippen LogP contribution in [-0.4, -0.2) is 138 Å². The maximum atomic E-state index is 14.4. The van der Waals surface area contributed by atoms with Crippen LogP contribution >= 0.6 is 11.6 Å². The van der Waals surface area contributed by atoms with E-state index in [1.807, 2.05) is 55.7 Å². The van der Waals surface area contributed by atoms with Crippen molar-refractivity contribution in [3.8, 4) is 22.8 Å². The SMILES string of the molecule is CCc1ccc(CN[C@@H](C)C(=O)N[C@@H](COC)C(=O)N(C)[C@H](CC(=O)NC[C@H](C)N(C)C(=O)[C@@H](CC(=O)OOC(=O)C(F)(F)F)Cc2ccccc2)Cc2ccc(Cl)cc2)c(Oc2ccc(-c3cnc(CN4CCCC4)n3C)cc2)c1. The number of methoxy groups -OCH3 is 1. The number of imidazole rings is 1. The van der Waals surface area contributed by atoms with Gasteiger partial charge in [-0.05, 0) is 118 Å². The molecular weight excluding hydrogens is 1070 g/mol. The fraction of sp³-hybridized carbons (Fsp3) is 0.441. The normalized spacial score (nSPS) is 14.5. The second-order valence-corrected chi connectivity index (χ2v) is 20.7. The Hall–Kier alpha value is -7.33. The minimum absolute atomic E-state index is 0.0212. The Labute approximate surface area is 475 Å². The topological polar surface area (TPSA) is 203 Å². The molecule has 5 atom stereocenters. The molecule has 0 radical (unpaired) electrons. The van der Waals surface area contributed by atoms with Gasteiger partial charge in [0.2, 0.25) is 23.6 Å². The molecule has 81 heavy (non-hydrogen) atoms. The number of benzene rings is 4. The molecule has 6 rings (SSSR count). The second kappa shape index (κ2) is 29.9. The zero-order chi connectivity index (χ0) is 58.8. The van der Waals surface area contributed by atoms with E-state index in [1.165, 1.54) is 43.8 Å². The number of nitrogens with zero attached hydrogens (tertiary/aromatic N) is 5. The molecule has 2 heterocycles. The first-order valence-electron chi connectivity index (χ1n) is 26.9. The number of carbonyl (C=O) groups excluding carboxylic acids is 6. The van der Waals surface area contributed by atoms with Crippen LogP contribution in [0.2, 0.25) is 5.02 Å². The summed E-state index contributed by atoms with van der Waals surface area (Å²) in [5, 5.41) is 9.42. The molecule has 1 aromatic heterocycles. The maximum absolute atomic E-state index is 14.4. The van der Waals surface area contributed by atoms with Gasteiger partial charge in [-0.25, -0.2) is 24.3 Å². The van der Waals surface area contributed by atoms with Gasteiger partial charge in [0, 0.05) is 76.0 Å². The summed E-state index contributed by atoms with van der Waals surface area (Å²) >= 11 is 6.19. The molecular formula is C59H72ClF3N8O10. The molecule has 1 aliphatic heterocycles. The minimum atomic E-state index is -5.41. The smallest absolute Gasteiger partial charge is 0.457 e. The lowest BCUT2D eigenvalue weighted by atomic mass is 9.94. The first-order valence-corrected chi connectivity index (χ1v) is 27.2. The Balaban J connectivity index is 1.07. The van der Waals surface area contributed by atoms with Crippen LogP contribution in [0.1, 0.15) is 74.5 Å². The zero-order valence-electron chi connectivity index (χ0n) is 46.7. The summed E-state index contributed by atoms with van der Waals surface area (Å²) in [6.07, 6.45) is -1.06. The van der Waals surface area contributed by atoms with Crippen LogP contribution in [0.5, 0.6) is 11.5 Å². The standard InChI is InChI=1S/C59H72ClF3N8O10/c1-8-40-16-19-44(51(30-40)79-48-24-20-43(21-25-48)50-35-65-52(70(50)6)36-71-26-12-13-27-71)34-64-39(3)55(74)67-49(37-78-7)57(76)69(5)47(29-42-17-22-46(60)23-18-42)32-53(72)66-33-38(2)68(4)56(75)45(28-41-14-10-9-11-15-41)31-54(73)80-81-58(77)59(61,62)63/h9-11,14-25,30,35,38-39,45,47,49,64H,8,12-13,26-29,31-34,36-37H2,1-7H3,(H,66,72)(H,67,74)/t38-,39-,45+,47-,49-/m0/s1. The average molecular weight is 1150 g/mol. The number of hydrogen-bond donors (Lipinski definition) is 3. The molecule has 0 saturated carbocycles. The number of rotatable bonds is 27. The third-order valence-electron chi connectivity index (χ3n) is 14.3. The van der Waals surface area contributed by atoms with E-state index in [2.05, 4.69) is 42.1 Å². The summed E-state index contributed by atoms with van der Waals surface area (Å²) in [4.78, 5) is 97.2. The Bertz CT molecular complexity index is 2910. The van der Waals surface area contributed by atoms with Gasteiger partial charge >= 0.3 is 18.1 Å². The lowest BCUT2D eigenvalue weighted by Crippen LogP contribution is -2.56. The summed E-state index contributed by atoms with van der Waals surface area (Å²) in [5.74, 6) is -5.08. The van der Waals surface area contributed by atoms with Gasteiger partial charge in [-0.2, -0.15) is 13.2 Å². The van der Waals surface area contributed by atoms with E-state index >= 15 is 0 Å². The molecule has 3 N–H and O–H groups in total. The molecule has 5 aromatic rings. The second-order valence-electron chi connectivity index (χ2n) is 20.3. The van der Waals surface area contributed by atoms with Gasteiger partial charge < -0.3 is 39.8 Å². The van der Waals surface area contributed by atoms with Crippen LogP contribution < -0.4 is 20.7 Å². The predicted molar refractivity (Wildman–Crippen MR) is 297 cm³/mol. The highest BCUT2D eigenvalue weighted by molar-refractivity contribution is 6.30. The van der Waals surface area contributed by atoms with Crippen LogP contribution in [0.3, 0.4) is 0 Å². The molecule has 18 nitrogen and oxygen atoms in total. The van der Waals surface area contributed by atoms with Gasteiger partial charge in [0.1, 0.15) is 23.4 Å². The van der Waals surface area contributed by atoms with E-state index in [-0.39, 0.29) is 39.0 Å². The van der Waals surface area contributed by atoms with Gasteiger partial charge in [-0.15, -0.1) is 0 Å². The number of alkyl halides is 3. The van der Waals surface area contributed by atoms with Crippen LogP contribution in [0.4, 0.5) is 13.2 Å². The summed E-state index contributed by atoms with van der Waals surface area (Å²) < 4.78 is 52.1. The number of nitrogens with one attached hydrogen (secondary N) is 3. The first-order chi connectivity index (χ1) is 38.6. The number of aryl methyl sites for hydroxylation is 1. The maximum Gasteiger partial charge on any atom is 0.495 e. The third kappa shape index (κ3) is 18.6. The van der Waals surface area contributed by atoms with Crippen LogP contribution in [0.25, 0.3) is 11.3 Å². The summed E-state index contributed by atoms with van der Waals surface area (Å²) in [6.45, 7) is 8.36. The largest absolute Gasteiger partial charge is 0.495 e. The number of carbonyl (C=O) groups is 6. The van der Waals surface area contributed by atoms with Gasteiger partial charge in [0.05, 0.1) is 43.4 Å². The predicted octanol–water partition coefficient (Wildman–Crippen LogP) is 7.54. The minimum Gasteiger partial charge on any atom is -0.457 e. The van der Waals surface area contributed by atoms with Crippen molar-refractivity contribution in [1.82, 2.24) is 40.2 Å². The van der Waals surface area contributed by atoms with Crippen molar-refractivity contribution < 1.29 is 61.2 Å². The molecule has 22 heteroatoms. The summed E-state index contributed by atoms with van der Waals surface area (Å²) in [7, 11) is 6.41. The van der Waals surface area contributed by atoms with Gasteiger partial charge in [0.25, 0.3) is 0 Å². The highest BCUT2D eigenvalue weighted by Crippen LogP contribution is 2.30. The quantitative estimate of drug-likeness (QED) is 0.0344. The van der Waals surface area contributed by atoms with Crippen molar-refractivity contribution in [3.63, 3.8) is 0 Å². The number of halogens is 4. The Morgan fingerprint density at radius 1 is 0.815 bits per heavy atom. The van der Waals surface area contributed by atoms with Gasteiger partial charge in [-0.1, -0.05) is 73.1 Å². The highest BCUT2D eigenvalue weighted by Gasteiger charge is 2.43. The van der Waals surface area contributed by atoms with E-state index in [9.17, 15) is 41.9 Å². The van der Waals surface area contributed by atoms with E-state index in [0.717, 1.165) is 59.8 Å². The number of likely N-dealkylation sites (N-methyl/N-ethyl adjacent to an activating group) is 2. The molecule has 1 aliphatic rings. The fourth-order valence-electron chi connectivity index (χ4n) is 9.24. The third-order valence-corrected chi connectivity index (χ3v) is 14.6. The van der Waals surface area contributed by atoms with E-state index in [4.69, 9.17) is 26.1 Å². The Morgan fingerprint density at radius 2 is 1.48 bits per heavy atom. The number of hydrogen-bond acceptors (Lipinski definition) is 13. The molecule has 436 valence electrons. The molecule has 0 unspecified atom stereocenters. The van der Waals surface area contributed by atoms with Gasteiger partial charge in [0.15, 0.2) is 0 Å². The monoisotopic (exact) mass is 1140 g/mol. The Kier molecular flexibility index (Phi) is 23.2. The first kappa shape index (κ1) is 62.9. The van der Waals surface area contributed by atoms with Crippen molar-refractivity contribution in [2.24, 2.45) is 13.0 Å². The lowest BCUT2D eigenvalue weighted by molar-refractivity contribution is -0.286. The molecule has 4 amide bonds. The van der Waals surface area contributed by atoms with E-state index in [0.29, 0.717) is 22.1 Å². The van der Waals surface area contributed by atoms with Crippen molar-refractivity contribution in [3.05, 3.63) is 136 Å². The molecule has 4 aromatic carbocycles. The van der Waals surface area contributed by atoms with Crippen LogP contribution in [0, 0.1) is 5.92 Å². The van der Waals surface area contributed by atoms with Crippen LogP contribution in [0.15, 0.2) is 103 Å². The summed E-state index contributed by atoms with van der Waals surface area (Å²) in [6, 6.07) is 25.9. The summed E-state index contributed by atoms with van der Waals surface area (Å²) in [5.41, 5.74) is 5.28. The number of ether oxygens (including phenoxy) is 2. The van der Waals surface area contributed by atoms with Gasteiger partial charge in [-0.3, -0.25) is 24.1 Å². The average Bonchev–Trinajstić information content (AvgIpc) is 4.11. The van der Waals surface area contributed by atoms with E-state index < -0.39 is 78.2 Å². The molecule has 0 aliphatic carbocycles. The van der Waals surface area contributed by atoms with Crippen molar-refractivity contribution in [2.45, 2.75) is 109 Å². The highest BCUT2D eigenvalue weighted by atomic mass is 35.5. The van der Waals surface area contributed by atoms with Crippen molar-refractivity contribution >= 4 is 47.2 Å². The lowest BCUT2D eigenvalue weighted by Gasteiger charge is -2.32. The van der Waals surface area contributed by atoms with Crippen molar-refractivity contribution in [2.75, 3.05) is 47.4 Å².